The van der Waals surface area contributed by atoms with Gasteiger partial charge in [-0.3, -0.25) is 0 Å². The van der Waals surface area contributed by atoms with E-state index in [0.29, 0.717) is 5.92 Å². The lowest BCUT2D eigenvalue weighted by Gasteiger charge is -2.16. The highest BCUT2D eigenvalue weighted by Crippen LogP contribution is 2.25. The summed E-state index contributed by atoms with van der Waals surface area (Å²) >= 11 is 0. The van der Waals surface area contributed by atoms with Crippen molar-refractivity contribution in [3.63, 3.8) is 0 Å². The Kier molecular flexibility index (Phi) is 7.76. The Hall–Kier alpha value is -1.06. The lowest BCUT2D eigenvalue weighted by molar-refractivity contribution is 0.278. The van der Waals surface area contributed by atoms with Crippen LogP contribution in [-0.4, -0.2) is 38.7 Å². The number of rotatable bonds is 9. The van der Waals surface area contributed by atoms with Crippen LogP contribution in [0, 0.1) is 19.8 Å². The third kappa shape index (κ3) is 6.96. The molecule has 0 fully saturated rings. The van der Waals surface area contributed by atoms with Crippen LogP contribution in [0.5, 0.6) is 5.75 Å². The molecule has 0 radical (unpaired) electrons. The second-order valence-electron chi connectivity index (χ2n) is 6.59. The zero-order valence-electron chi connectivity index (χ0n) is 14.6. The van der Waals surface area contributed by atoms with Gasteiger partial charge in [0, 0.05) is 13.1 Å². The minimum Gasteiger partial charge on any atom is -0.493 e. The maximum absolute atomic E-state index is 5.97. The molecule has 1 rings (SSSR count). The van der Waals surface area contributed by atoms with Crippen molar-refractivity contribution >= 4 is 0 Å². The Morgan fingerprint density at radius 1 is 1.14 bits per heavy atom. The minimum absolute atomic E-state index is 0.687. The summed E-state index contributed by atoms with van der Waals surface area (Å²) in [7, 11) is 4.19. The maximum atomic E-state index is 5.97. The molecule has 0 unspecified atom stereocenters. The highest BCUT2D eigenvalue weighted by molar-refractivity contribution is 5.43. The molecule has 0 aliphatic carbocycles. The van der Waals surface area contributed by atoms with E-state index in [2.05, 4.69) is 64.1 Å². The van der Waals surface area contributed by atoms with Crippen LogP contribution in [0.3, 0.4) is 0 Å². The topological polar surface area (TPSA) is 24.5 Å². The van der Waals surface area contributed by atoms with Crippen molar-refractivity contribution in [3.05, 3.63) is 28.8 Å². The number of benzene rings is 1. The molecule has 1 aromatic carbocycles. The standard InChI is InChI=1S/C18H32N2O/c1-14(2)12-19-13-17-10-15(3)18(16(4)11-17)21-9-7-8-20(5)6/h10-11,14,19H,7-9,12-13H2,1-6H3. The van der Waals surface area contributed by atoms with E-state index in [1.807, 2.05) is 0 Å². The van der Waals surface area contributed by atoms with Gasteiger partial charge in [0.05, 0.1) is 6.61 Å². The highest BCUT2D eigenvalue weighted by atomic mass is 16.5. The van der Waals surface area contributed by atoms with Crippen LogP contribution in [-0.2, 0) is 6.54 Å². The zero-order valence-corrected chi connectivity index (χ0v) is 14.6. The van der Waals surface area contributed by atoms with Gasteiger partial charge in [-0.05, 0) is 63.5 Å². The third-order valence-corrected chi connectivity index (χ3v) is 3.40. The summed E-state index contributed by atoms with van der Waals surface area (Å²) in [5.74, 6) is 1.74. The van der Waals surface area contributed by atoms with Crippen molar-refractivity contribution in [2.24, 2.45) is 5.92 Å². The Bertz CT molecular complexity index is 404. The summed E-state index contributed by atoms with van der Waals surface area (Å²) in [6, 6.07) is 4.48. The van der Waals surface area contributed by atoms with Crippen LogP contribution in [0.25, 0.3) is 0 Å². The molecule has 0 aliphatic rings. The fraction of sp³-hybridized carbons (Fsp3) is 0.667. The summed E-state index contributed by atoms with van der Waals surface area (Å²) in [6.45, 7) is 12.6. The predicted molar refractivity (Wildman–Crippen MR) is 91.1 cm³/mol. The normalized spacial score (nSPS) is 11.4. The predicted octanol–water partition coefficient (Wildman–Crippen LogP) is 3.38. The Morgan fingerprint density at radius 2 is 1.76 bits per heavy atom. The van der Waals surface area contributed by atoms with Gasteiger partial charge in [0.1, 0.15) is 5.75 Å². The maximum Gasteiger partial charge on any atom is 0.125 e. The molecule has 0 saturated carbocycles. The molecule has 0 bridgehead atoms. The molecule has 0 atom stereocenters. The van der Waals surface area contributed by atoms with Crippen molar-refractivity contribution in [1.82, 2.24) is 10.2 Å². The first-order chi connectivity index (χ1) is 9.90. The monoisotopic (exact) mass is 292 g/mol. The van der Waals surface area contributed by atoms with Crippen LogP contribution in [0.2, 0.25) is 0 Å². The molecule has 0 heterocycles. The molecule has 0 amide bonds. The van der Waals surface area contributed by atoms with Gasteiger partial charge in [-0.15, -0.1) is 0 Å². The zero-order chi connectivity index (χ0) is 15.8. The van der Waals surface area contributed by atoms with Crippen LogP contribution in [0.4, 0.5) is 0 Å². The van der Waals surface area contributed by atoms with Crippen molar-refractivity contribution in [3.8, 4) is 5.75 Å². The number of hydrogen-bond acceptors (Lipinski definition) is 3. The summed E-state index contributed by atoms with van der Waals surface area (Å²) in [4.78, 5) is 2.19. The quantitative estimate of drug-likeness (QED) is 0.706. The van der Waals surface area contributed by atoms with Crippen LogP contribution in [0.15, 0.2) is 12.1 Å². The molecule has 0 spiro atoms. The van der Waals surface area contributed by atoms with Crippen molar-refractivity contribution in [2.75, 3.05) is 33.8 Å². The van der Waals surface area contributed by atoms with E-state index in [-0.39, 0.29) is 0 Å². The SMILES string of the molecule is Cc1cc(CNCC(C)C)cc(C)c1OCCCN(C)C. The lowest BCUT2D eigenvalue weighted by atomic mass is 10.1. The molecule has 3 heteroatoms. The van der Waals surface area contributed by atoms with Gasteiger partial charge < -0.3 is 15.0 Å². The number of nitrogens with zero attached hydrogens (tertiary/aromatic N) is 1. The first-order valence-corrected chi connectivity index (χ1v) is 7.98. The molecular weight excluding hydrogens is 260 g/mol. The summed E-state index contributed by atoms with van der Waals surface area (Å²) in [5.41, 5.74) is 3.81. The molecule has 3 nitrogen and oxygen atoms in total. The molecular formula is C18H32N2O. The van der Waals surface area contributed by atoms with Crippen LogP contribution < -0.4 is 10.1 Å². The smallest absolute Gasteiger partial charge is 0.125 e. The summed E-state index contributed by atoms with van der Waals surface area (Å²) in [6.07, 6.45) is 1.06. The van der Waals surface area contributed by atoms with E-state index >= 15 is 0 Å². The number of aryl methyl sites for hydroxylation is 2. The second-order valence-corrected chi connectivity index (χ2v) is 6.59. The van der Waals surface area contributed by atoms with E-state index in [1.165, 1.54) is 16.7 Å². The average Bonchev–Trinajstić information content (AvgIpc) is 2.36. The Morgan fingerprint density at radius 3 is 2.29 bits per heavy atom. The van der Waals surface area contributed by atoms with E-state index in [0.717, 1.165) is 38.4 Å². The van der Waals surface area contributed by atoms with Gasteiger partial charge in [-0.25, -0.2) is 0 Å². The number of ether oxygens (including phenoxy) is 1. The molecule has 0 saturated heterocycles. The van der Waals surface area contributed by atoms with E-state index in [1.54, 1.807) is 0 Å². The summed E-state index contributed by atoms with van der Waals surface area (Å²) in [5, 5.41) is 3.49. The average molecular weight is 292 g/mol. The van der Waals surface area contributed by atoms with Crippen LogP contribution >= 0.6 is 0 Å². The minimum atomic E-state index is 0.687. The van der Waals surface area contributed by atoms with Crippen molar-refractivity contribution < 1.29 is 4.74 Å². The fourth-order valence-electron chi connectivity index (χ4n) is 2.43. The Labute approximate surface area is 130 Å². The van der Waals surface area contributed by atoms with Gasteiger partial charge in [0.15, 0.2) is 0 Å². The van der Waals surface area contributed by atoms with Crippen molar-refractivity contribution in [1.29, 1.82) is 0 Å². The third-order valence-electron chi connectivity index (χ3n) is 3.40. The van der Waals surface area contributed by atoms with E-state index in [4.69, 9.17) is 4.74 Å². The van der Waals surface area contributed by atoms with Gasteiger partial charge in [-0.1, -0.05) is 26.0 Å². The van der Waals surface area contributed by atoms with Gasteiger partial charge in [-0.2, -0.15) is 0 Å². The summed E-state index contributed by atoms with van der Waals surface area (Å²) < 4.78 is 5.97. The molecule has 0 aromatic heterocycles. The molecule has 1 aromatic rings. The van der Waals surface area contributed by atoms with Gasteiger partial charge >= 0.3 is 0 Å². The molecule has 120 valence electrons. The van der Waals surface area contributed by atoms with Crippen molar-refractivity contribution in [2.45, 2.75) is 40.7 Å². The second kappa shape index (κ2) is 9.06. The number of hydrogen-bond donors (Lipinski definition) is 1. The Balaban J connectivity index is 2.54. The van der Waals surface area contributed by atoms with Crippen LogP contribution in [0.1, 0.15) is 37.0 Å². The van der Waals surface area contributed by atoms with E-state index in [9.17, 15) is 0 Å². The highest BCUT2D eigenvalue weighted by Gasteiger charge is 2.07. The first kappa shape index (κ1) is 18.0. The fourth-order valence-corrected chi connectivity index (χ4v) is 2.43. The van der Waals surface area contributed by atoms with E-state index < -0.39 is 0 Å². The largest absolute Gasteiger partial charge is 0.493 e. The van der Waals surface area contributed by atoms with Gasteiger partial charge in [0.25, 0.3) is 0 Å². The molecule has 1 N–H and O–H groups in total. The number of nitrogens with one attached hydrogen (secondary N) is 1. The lowest BCUT2D eigenvalue weighted by Crippen LogP contribution is -2.19. The van der Waals surface area contributed by atoms with Gasteiger partial charge in [0.2, 0.25) is 0 Å². The molecule has 21 heavy (non-hydrogen) atoms. The first-order valence-electron chi connectivity index (χ1n) is 7.98. The molecule has 0 aliphatic heterocycles.